The van der Waals surface area contributed by atoms with Crippen LogP contribution in [0.15, 0.2) is 0 Å². The Morgan fingerprint density at radius 3 is 2.22 bits per heavy atom. The van der Waals surface area contributed by atoms with Gasteiger partial charge in [0.2, 0.25) is 5.91 Å². The zero-order valence-corrected chi connectivity index (χ0v) is 10.9. The molecule has 0 unspecified atom stereocenters. The lowest BCUT2D eigenvalue weighted by Crippen LogP contribution is -2.58. The number of carbonyl (C=O) groups is 2. The predicted molar refractivity (Wildman–Crippen MR) is 66.9 cm³/mol. The Hall–Kier alpha value is -1.10. The van der Waals surface area contributed by atoms with Crippen LogP contribution in [0, 0.1) is 11.3 Å². The second kappa shape index (κ2) is 4.53. The van der Waals surface area contributed by atoms with Crippen molar-refractivity contribution < 1.29 is 14.7 Å². The Labute approximate surface area is 107 Å². The highest BCUT2D eigenvalue weighted by molar-refractivity contribution is 5.91. The van der Waals surface area contributed by atoms with Crippen LogP contribution in [0.1, 0.15) is 45.4 Å². The molecular formula is C13H22N2O3. The van der Waals surface area contributed by atoms with Gasteiger partial charge in [-0.05, 0) is 44.4 Å². The molecule has 1 amide bonds. The van der Waals surface area contributed by atoms with Crippen molar-refractivity contribution in [3.8, 4) is 0 Å². The molecule has 102 valence electrons. The molecule has 0 saturated heterocycles. The van der Waals surface area contributed by atoms with Gasteiger partial charge in [0.15, 0.2) is 0 Å². The maximum absolute atomic E-state index is 12.2. The number of carboxylic acid groups (broad SMARTS) is 1. The van der Waals surface area contributed by atoms with Crippen molar-refractivity contribution in [1.29, 1.82) is 0 Å². The summed E-state index contributed by atoms with van der Waals surface area (Å²) in [6, 6.07) is 0. The van der Waals surface area contributed by atoms with Crippen molar-refractivity contribution >= 4 is 11.9 Å². The van der Waals surface area contributed by atoms with E-state index in [4.69, 9.17) is 5.73 Å². The average molecular weight is 254 g/mol. The van der Waals surface area contributed by atoms with Gasteiger partial charge in [0.25, 0.3) is 0 Å². The quantitative estimate of drug-likeness (QED) is 0.694. The molecule has 5 nitrogen and oxygen atoms in total. The van der Waals surface area contributed by atoms with Crippen molar-refractivity contribution in [1.82, 2.24) is 5.32 Å². The van der Waals surface area contributed by atoms with Crippen LogP contribution in [0.4, 0.5) is 0 Å². The zero-order chi connectivity index (χ0) is 13.4. The highest BCUT2D eigenvalue weighted by atomic mass is 16.4. The molecule has 0 radical (unpaired) electrons. The van der Waals surface area contributed by atoms with Gasteiger partial charge in [0.05, 0.1) is 5.41 Å². The Morgan fingerprint density at radius 2 is 1.83 bits per heavy atom. The largest absolute Gasteiger partial charge is 0.480 e. The van der Waals surface area contributed by atoms with E-state index in [1.54, 1.807) is 0 Å². The maximum Gasteiger partial charge on any atom is 0.329 e. The first-order chi connectivity index (χ1) is 8.44. The molecule has 0 aliphatic heterocycles. The van der Waals surface area contributed by atoms with E-state index < -0.39 is 16.9 Å². The molecule has 4 N–H and O–H groups in total. The molecule has 2 fully saturated rings. The SMILES string of the molecule is CC1CCC(NC(=O)C2(CN)CC2)(C(=O)O)CC1. The number of nitrogens with one attached hydrogen (secondary N) is 1. The Balaban J connectivity index is 2.07. The summed E-state index contributed by atoms with van der Waals surface area (Å²) in [6.07, 6.45) is 4.30. The van der Waals surface area contributed by atoms with Crippen LogP contribution in [0.2, 0.25) is 0 Å². The Kier molecular flexibility index (Phi) is 3.36. The molecule has 2 rings (SSSR count). The van der Waals surface area contributed by atoms with E-state index in [1.807, 2.05) is 0 Å². The number of nitrogens with two attached hydrogens (primary N) is 1. The number of carbonyl (C=O) groups excluding carboxylic acids is 1. The van der Waals surface area contributed by atoms with Gasteiger partial charge < -0.3 is 16.2 Å². The van der Waals surface area contributed by atoms with Gasteiger partial charge >= 0.3 is 5.97 Å². The topological polar surface area (TPSA) is 92.4 Å². The van der Waals surface area contributed by atoms with E-state index in [1.165, 1.54) is 0 Å². The summed E-state index contributed by atoms with van der Waals surface area (Å²) >= 11 is 0. The molecule has 0 spiro atoms. The van der Waals surface area contributed by atoms with Gasteiger partial charge in [-0.1, -0.05) is 6.92 Å². The average Bonchev–Trinajstić information content (AvgIpc) is 3.13. The molecule has 5 heteroatoms. The summed E-state index contributed by atoms with van der Waals surface area (Å²) in [4.78, 5) is 23.7. The van der Waals surface area contributed by atoms with Crippen LogP contribution in [-0.2, 0) is 9.59 Å². The smallest absolute Gasteiger partial charge is 0.329 e. The van der Waals surface area contributed by atoms with Crippen molar-refractivity contribution in [2.45, 2.75) is 51.0 Å². The lowest BCUT2D eigenvalue weighted by atomic mass is 9.76. The minimum Gasteiger partial charge on any atom is -0.480 e. The molecule has 0 aromatic rings. The minimum atomic E-state index is -1.06. The van der Waals surface area contributed by atoms with Crippen molar-refractivity contribution in [2.75, 3.05) is 6.54 Å². The molecule has 2 saturated carbocycles. The number of aliphatic carboxylic acids is 1. The fourth-order valence-electron chi connectivity index (χ4n) is 2.67. The summed E-state index contributed by atoms with van der Waals surface area (Å²) in [5, 5.41) is 12.2. The van der Waals surface area contributed by atoms with Crippen LogP contribution in [-0.4, -0.2) is 29.1 Å². The molecule has 0 bridgehead atoms. The molecule has 0 heterocycles. The Bertz CT molecular complexity index is 355. The summed E-state index contributed by atoms with van der Waals surface area (Å²) in [6.45, 7) is 2.43. The first kappa shape index (κ1) is 13.3. The van der Waals surface area contributed by atoms with Gasteiger partial charge in [0.1, 0.15) is 5.54 Å². The third kappa shape index (κ3) is 2.23. The molecular weight excluding hydrogens is 232 g/mol. The first-order valence-corrected chi connectivity index (χ1v) is 6.70. The summed E-state index contributed by atoms with van der Waals surface area (Å²) in [7, 11) is 0. The number of amides is 1. The molecule has 0 atom stereocenters. The number of carboxylic acids is 1. The van der Waals surface area contributed by atoms with E-state index in [0.717, 1.165) is 25.7 Å². The first-order valence-electron chi connectivity index (χ1n) is 6.70. The number of rotatable bonds is 4. The van der Waals surface area contributed by atoms with E-state index in [0.29, 0.717) is 25.3 Å². The third-order valence-corrected chi connectivity index (χ3v) is 4.62. The lowest BCUT2D eigenvalue weighted by molar-refractivity contribution is -0.150. The van der Waals surface area contributed by atoms with E-state index in [9.17, 15) is 14.7 Å². The predicted octanol–water partition coefficient (Wildman–Crippen LogP) is 0.875. The fourth-order valence-corrected chi connectivity index (χ4v) is 2.67. The summed E-state index contributed by atoms with van der Waals surface area (Å²) in [5.74, 6) is -0.531. The third-order valence-electron chi connectivity index (χ3n) is 4.62. The standard InChI is InChI=1S/C13H22N2O3/c1-9-2-4-13(5-3-9,11(17)18)15-10(16)12(8-14)6-7-12/h9H,2-8,14H2,1H3,(H,15,16)(H,17,18). The summed E-state index contributed by atoms with van der Waals surface area (Å²) < 4.78 is 0. The Morgan fingerprint density at radius 1 is 1.28 bits per heavy atom. The second-order valence-corrected chi connectivity index (χ2v) is 6.01. The van der Waals surface area contributed by atoms with Crippen molar-refractivity contribution in [2.24, 2.45) is 17.1 Å². The monoisotopic (exact) mass is 254 g/mol. The summed E-state index contributed by atoms with van der Waals surface area (Å²) in [5.41, 5.74) is 4.07. The fraction of sp³-hybridized carbons (Fsp3) is 0.846. The van der Waals surface area contributed by atoms with Gasteiger partial charge in [-0.3, -0.25) is 4.79 Å². The van der Waals surface area contributed by atoms with Crippen molar-refractivity contribution in [3.63, 3.8) is 0 Å². The van der Waals surface area contributed by atoms with Gasteiger partial charge in [-0.25, -0.2) is 4.79 Å². The van der Waals surface area contributed by atoms with Crippen LogP contribution in [0.25, 0.3) is 0 Å². The highest BCUT2D eigenvalue weighted by Gasteiger charge is 2.52. The maximum atomic E-state index is 12.2. The number of hydrogen-bond donors (Lipinski definition) is 3. The molecule has 18 heavy (non-hydrogen) atoms. The van der Waals surface area contributed by atoms with E-state index >= 15 is 0 Å². The van der Waals surface area contributed by atoms with Crippen LogP contribution >= 0.6 is 0 Å². The lowest BCUT2D eigenvalue weighted by Gasteiger charge is -2.37. The molecule has 2 aliphatic carbocycles. The second-order valence-electron chi connectivity index (χ2n) is 6.01. The van der Waals surface area contributed by atoms with Crippen LogP contribution < -0.4 is 11.1 Å². The highest BCUT2D eigenvalue weighted by Crippen LogP contribution is 2.45. The molecule has 2 aliphatic rings. The molecule has 0 aromatic carbocycles. The normalized spacial score (nSPS) is 33.8. The van der Waals surface area contributed by atoms with Gasteiger partial charge in [0, 0.05) is 6.54 Å². The van der Waals surface area contributed by atoms with Crippen LogP contribution in [0.5, 0.6) is 0 Å². The van der Waals surface area contributed by atoms with E-state index in [-0.39, 0.29) is 5.91 Å². The van der Waals surface area contributed by atoms with Crippen molar-refractivity contribution in [3.05, 3.63) is 0 Å². The van der Waals surface area contributed by atoms with E-state index in [2.05, 4.69) is 12.2 Å². The van der Waals surface area contributed by atoms with Crippen LogP contribution in [0.3, 0.4) is 0 Å². The van der Waals surface area contributed by atoms with Gasteiger partial charge in [-0.15, -0.1) is 0 Å². The molecule has 0 aromatic heterocycles. The zero-order valence-electron chi connectivity index (χ0n) is 10.9. The number of hydrogen-bond acceptors (Lipinski definition) is 3. The van der Waals surface area contributed by atoms with Gasteiger partial charge in [-0.2, -0.15) is 0 Å². The minimum absolute atomic E-state index is 0.165.